The fraction of sp³-hybridized carbons (Fsp3) is 0.471. The van der Waals surface area contributed by atoms with Gasteiger partial charge in [-0.15, -0.1) is 0 Å². The van der Waals surface area contributed by atoms with Crippen LogP contribution < -0.4 is 15.0 Å². The minimum Gasteiger partial charge on any atom is -0.508 e. The molecule has 3 saturated heterocycles. The van der Waals surface area contributed by atoms with Crippen LogP contribution >= 0.6 is 0 Å². The van der Waals surface area contributed by atoms with Crippen LogP contribution in [0.3, 0.4) is 0 Å². The van der Waals surface area contributed by atoms with Crippen LogP contribution in [0.15, 0.2) is 36.4 Å². The lowest BCUT2D eigenvalue weighted by atomic mass is 9.92. The molecule has 2 N–H and O–H groups in total. The molecular formula is C34H39F2N5O3. The zero-order chi connectivity index (χ0) is 30.4. The number of morpholine rings is 1. The van der Waals surface area contributed by atoms with Crippen LogP contribution in [0.2, 0.25) is 0 Å². The molecule has 0 spiro atoms. The maximum atomic E-state index is 16.8. The number of aromatic nitrogens is 2. The van der Waals surface area contributed by atoms with Crippen LogP contribution in [0.25, 0.3) is 32.8 Å². The van der Waals surface area contributed by atoms with Gasteiger partial charge in [0, 0.05) is 49.7 Å². The van der Waals surface area contributed by atoms with Crippen molar-refractivity contribution in [1.82, 2.24) is 20.2 Å². The number of hydrogen-bond acceptors (Lipinski definition) is 8. The van der Waals surface area contributed by atoms with E-state index in [-0.39, 0.29) is 22.8 Å². The SMILES string of the molecule is CCc1cccc2cc(O)cc(-c3c(F)cc4c(N5C[C@H]6CC[C@@H](C5)N6)nc(OCCCN5CCOC[C@H]5C)nc4c3F)c12. The van der Waals surface area contributed by atoms with Gasteiger partial charge < -0.3 is 24.8 Å². The summed E-state index contributed by atoms with van der Waals surface area (Å²) in [6, 6.07) is 11.1. The Labute approximate surface area is 256 Å². The van der Waals surface area contributed by atoms with Crippen LogP contribution in [-0.2, 0) is 11.2 Å². The Hall–Kier alpha value is -3.60. The molecule has 3 atom stereocenters. The van der Waals surface area contributed by atoms with Crippen molar-refractivity contribution in [2.45, 2.75) is 57.7 Å². The second kappa shape index (κ2) is 12.1. The lowest BCUT2D eigenvalue weighted by Gasteiger charge is -2.34. The van der Waals surface area contributed by atoms with E-state index in [1.165, 1.54) is 12.1 Å². The molecule has 8 nitrogen and oxygen atoms in total. The lowest BCUT2D eigenvalue weighted by molar-refractivity contribution is -0.00211. The number of nitrogens with zero attached hydrogens (tertiary/aromatic N) is 4. The Morgan fingerprint density at radius 3 is 2.70 bits per heavy atom. The number of anilines is 1. The first-order chi connectivity index (χ1) is 21.4. The van der Waals surface area contributed by atoms with Gasteiger partial charge in [-0.25, -0.2) is 8.78 Å². The molecule has 0 aliphatic carbocycles. The number of halogens is 2. The minimum absolute atomic E-state index is 0.0135. The summed E-state index contributed by atoms with van der Waals surface area (Å²) in [4.78, 5) is 13.8. The predicted octanol–water partition coefficient (Wildman–Crippen LogP) is 5.43. The van der Waals surface area contributed by atoms with E-state index in [0.717, 1.165) is 56.5 Å². The monoisotopic (exact) mass is 603 g/mol. The average molecular weight is 604 g/mol. The summed E-state index contributed by atoms with van der Waals surface area (Å²) < 4.78 is 44.6. The third-order valence-electron chi connectivity index (χ3n) is 9.38. The molecular weight excluding hydrogens is 564 g/mol. The highest BCUT2D eigenvalue weighted by Crippen LogP contribution is 2.41. The van der Waals surface area contributed by atoms with Gasteiger partial charge in [0.05, 0.1) is 25.4 Å². The number of aromatic hydroxyl groups is 1. The maximum Gasteiger partial charge on any atom is 0.319 e. The number of phenols is 1. The number of hydrogen-bond donors (Lipinski definition) is 2. The van der Waals surface area contributed by atoms with Crippen molar-refractivity contribution in [3.05, 3.63) is 53.6 Å². The van der Waals surface area contributed by atoms with Gasteiger partial charge in [0.15, 0.2) is 5.82 Å². The molecule has 0 radical (unpaired) electrons. The van der Waals surface area contributed by atoms with Gasteiger partial charge >= 0.3 is 6.01 Å². The summed E-state index contributed by atoms with van der Waals surface area (Å²) in [7, 11) is 0. The van der Waals surface area contributed by atoms with Crippen molar-refractivity contribution in [2.24, 2.45) is 0 Å². The third kappa shape index (κ3) is 5.44. The first-order valence-corrected chi connectivity index (χ1v) is 15.8. The molecule has 0 unspecified atom stereocenters. The van der Waals surface area contributed by atoms with Crippen molar-refractivity contribution >= 4 is 27.5 Å². The third-order valence-corrected chi connectivity index (χ3v) is 9.38. The maximum absolute atomic E-state index is 16.8. The van der Waals surface area contributed by atoms with Crippen LogP contribution in [-0.4, -0.2) is 84.1 Å². The van der Waals surface area contributed by atoms with E-state index >= 15 is 8.78 Å². The summed E-state index contributed by atoms with van der Waals surface area (Å²) in [6.07, 6.45) is 3.55. The lowest BCUT2D eigenvalue weighted by Crippen LogP contribution is -2.51. The van der Waals surface area contributed by atoms with Gasteiger partial charge in [0.25, 0.3) is 0 Å². The summed E-state index contributed by atoms with van der Waals surface area (Å²) in [6.45, 7) is 9.08. The fourth-order valence-electron chi connectivity index (χ4n) is 7.19. The van der Waals surface area contributed by atoms with Crippen molar-refractivity contribution in [3.8, 4) is 22.9 Å². The topological polar surface area (TPSA) is 83.0 Å². The Bertz CT molecular complexity index is 1690. The summed E-state index contributed by atoms with van der Waals surface area (Å²) in [5, 5.41) is 15.9. The molecule has 4 heterocycles. The van der Waals surface area contributed by atoms with Gasteiger partial charge in [0.2, 0.25) is 0 Å². The molecule has 3 aliphatic rings. The fourth-order valence-corrected chi connectivity index (χ4v) is 7.19. The van der Waals surface area contributed by atoms with E-state index in [4.69, 9.17) is 14.5 Å². The van der Waals surface area contributed by atoms with E-state index in [1.807, 2.05) is 25.1 Å². The molecule has 232 valence electrons. The number of fused-ring (bicyclic) bond motifs is 4. The Morgan fingerprint density at radius 1 is 1.11 bits per heavy atom. The molecule has 7 rings (SSSR count). The minimum atomic E-state index is -0.786. The quantitative estimate of drug-likeness (QED) is 0.258. The molecule has 3 fully saturated rings. The molecule has 3 aromatic carbocycles. The molecule has 1 aromatic heterocycles. The molecule has 0 saturated carbocycles. The first kappa shape index (κ1) is 29.1. The highest BCUT2D eigenvalue weighted by Gasteiger charge is 2.34. The Kier molecular flexibility index (Phi) is 7.99. The second-order valence-electron chi connectivity index (χ2n) is 12.3. The van der Waals surface area contributed by atoms with E-state index in [9.17, 15) is 5.11 Å². The van der Waals surface area contributed by atoms with Crippen molar-refractivity contribution in [2.75, 3.05) is 50.9 Å². The van der Waals surface area contributed by atoms with Crippen LogP contribution in [0.5, 0.6) is 11.8 Å². The highest BCUT2D eigenvalue weighted by molar-refractivity contribution is 6.03. The Morgan fingerprint density at radius 2 is 1.93 bits per heavy atom. The zero-order valence-corrected chi connectivity index (χ0v) is 25.3. The van der Waals surface area contributed by atoms with Gasteiger partial charge in [-0.3, -0.25) is 4.90 Å². The van der Waals surface area contributed by atoms with Crippen LogP contribution in [0.4, 0.5) is 14.6 Å². The van der Waals surface area contributed by atoms with E-state index in [2.05, 4.69) is 27.0 Å². The summed E-state index contributed by atoms with van der Waals surface area (Å²) in [5.74, 6) is -1.07. The highest BCUT2D eigenvalue weighted by atomic mass is 19.1. The molecule has 4 aromatic rings. The predicted molar refractivity (Wildman–Crippen MR) is 168 cm³/mol. The van der Waals surface area contributed by atoms with E-state index in [1.54, 1.807) is 6.07 Å². The number of ether oxygens (including phenoxy) is 2. The smallest absolute Gasteiger partial charge is 0.319 e. The van der Waals surface area contributed by atoms with Crippen molar-refractivity contribution in [1.29, 1.82) is 0 Å². The molecule has 2 bridgehead atoms. The summed E-state index contributed by atoms with van der Waals surface area (Å²) in [5.41, 5.74) is 1.04. The zero-order valence-electron chi connectivity index (χ0n) is 25.3. The first-order valence-electron chi connectivity index (χ1n) is 15.8. The van der Waals surface area contributed by atoms with Crippen molar-refractivity contribution in [3.63, 3.8) is 0 Å². The normalized spacial score (nSPS) is 22.3. The van der Waals surface area contributed by atoms with E-state index < -0.39 is 11.6 Å². The molecule has 44 heavy (non-hydrogen) atoms. The number of aryl methyl sites for hydroxylation is 1. The van der Waals surface area contributed by atoms with Gasteiger partial charge in [0.1, 0.15) is 22.9 Å². The molecule has 0 amide bonds. The Balaban J connectivity index is 1.30. The average Bonchev–Trinajstić information content (AvgIpc) is 3.36. The van der Waals surface area contributed by atoms with Gasteiger partial charge in [-0.1, -0.05) is 25.1 Å². The van der Waals surface area contributed by atoms with Gasteiger partial charge in [-0.2, -0.15) is 9.97 Å². The molecule has 3 aliphatic heterocycles. The number of phenolic OH excluding ortho intramolecular Hbond substituents is 1. The largest absolute Gasteiger partial charge is 0.508 e. The van der Waals surface area contributed by atoms with E-state index in [0.29, 0.717) is 66.4 Å². The second-order valence-corrected chi connectivity index (χ2v) is 12.3. The van der Waals surface area contributed by atoms with Crippen LogP contribution in [0.1, 0.15) is 38.7 Å². The standard InChI is InChI=1S/C34H39F2N5O3/c1-3-21-6-4-7-22-14-25(42)15-26(29(21)22)30-28(35)16-27-32(31(30)36)38-34(44-12-5-10-40-11-13-43-19-20(40)2)39-33(27)41-17-23-8-9-24(18-41)37-23/h4,6-7,14-16,20,23-24,37,42H,3,5,8-13,17-19H2,1-2H3/t20-,23-,24+/m1/s1. The number of nitrogens with one attached hydrogen (secondary N) is 1. The van der Waals surface area contributed by atoms with Gasteiger partial charge in [-0.05, 0) is 72.7 Å². The number of piperazine rings is 1. The summed E-state index contributed by atoms with van der Waals surface area (Å²) >= 11 is 0. The molecule has 10 heteroatoms. The van der Waals surface area contributed by atoms with Crippen molar-refractivity contribution < 1.29 is 23.4 Å². The number of benzene rings is 3. The van der Waals surface area contributed by atoms with Crippen LogP contribution in [0, 0.1) is 11.6 Å². The number of rotatable bonds is 8.